The van der Waals surface area contributed by atoms with Gasteiger partial charge in [0.1, 0.15) is 5.75 Å². The third-order valence-corrected chi connectivity index (χ3v) is 3.18. The Morgan fingerprint density at radius 3 is 2.35 bits per heavy atom. The summed E-state index contributed by atoms with van der Waals surface area (Å²) in [7, 11) is 4.79. The molecule has 122 valence electrons. The normalized spacial score (nSPS) is 11.1. The van der Waals surface area contributed by atoms with Crippen molar-refractivity contribution in [2.24, 2.45) is 4.99 Å². The van der Waals surface area contributed by atoms with Crippen LogP contribution in [0.1, 0.15) is 5.56 Å². The molecule has 0 aliphatic rings. The van der Waals surface area contributed by atoms with Crippen LogP contribution in [0.4, 0.5) is 0 Å². The van der Waals surface area contributed by atoms with Crippen LogP contribution in [0.25, 0.3) is 0 Å². The largest absolute Gasteiger partial charge is 0.493 e. The lowest BCUT2D eigenvalue weighted by molar-refractivity contribution is -0.0936. The van der Waals surface area contributed by atoms with E-state index in [4.69, 9.17) is 18.9 Å². The zero-order valence-electron chi connectivity index (χ0n) is 13.6. The third kappa shape index (κ3) is 5.09. The van der Waals surface area contributed by atoms with Crippen LogP contribution in [0.5, 0.6) is 17.2 Å². The molecule has 0 N–H and O–H groups in total. The van der Waals surface area contributed by atoms with Gasteiger partial charge in [-0.3, -0.25) is 4.99 Å². The summed E-state index contributed by atoms with van der Waals surface area (Å²) in [6.07, 6.45) is 1.41. The summed E-state index contributed by atoms with van der Waals surface area (Å²) in [6.45, 7) is 0.425. The van der Waals surface area contributed by atoms with E-state index in [-0.39, 0.29) is 6.29 Å². The third-order valence-electron chi connectivity index (χ3n) is 3.18. The number of benzene rings is 2. The first kappa shape index (κ1) is 17.0. The monoisotopic (exact) mass is 315 g/mol. The Bertz CT molecular complexity index is 624. The fraction of sp³-hybridized carbons (Fsp3) is 0.278. The molecule has 0 unspecified atom stereocenters. The molecule has 23 heavy (non-hydrogen) atoms. The molecule has 0 spiro atoms. The van der Waals surface area contributed by atoms with E-state index < -0.39 is 0 Å². The number of nitrogens with zero attached hydrogens (tertiary/aromatic N) is 1. The zero-order valence-corrected chi connectivity index (χ0v) is 13.6. The van der Waals surface area contributed by atoms with Gasteiger partial charge in [0.25, 0.3) is 0 Å². The van der Waals surface area contributed by atoms with Crippen molar-refractivity contribution in [1.82, 2.24) is 0 Å². The summed E-state index contributed by atoms with van der Waals surface area (Å²) >= 11 is 0. The van der Waals surface area contributed by atoms with Crippen LogP contribution in [0.3, 0.4) is 0 Å². The number of ether oxygens (including phenoxy) is 4. The van der Waals surface area contributed by atoms with Crippen molar-refractivity contribution in [2.75, 3.05) is 27.9 Å². The van der Waals surface area contributed by atoms with E-state index in [1.807, 2.05) is 48.5 Å². The van der Waals surface area contributed by atoms with Crippen LogP contribution in [-0.2, 0) is 9.47 Å². The molecule has 0 fully saturated rings. The molecule has 0 saturated heterocycles. The van der Waals surface area contributed by atoms with E-state index in [9.17, 15) is 0 Å². The highest BCUT2D eigenvalue weighted by molar-refractivity contribution is 5.81. The second kappa shape index (κ2) is 8.92. The smallest absolute Gasteiger partial charge is 0.176 e. The van der Waals surface area contributed by atoms with Gasteiger partial charge < -0.3 is 18.9 Å². The van der Waals surface area contributed by atoms with E-state index >= 15 is 0 Å². The van der Waals surface area contributed by atoms with Gasteiger partial charge in [-0.2, -0.15) is 0 Å². The second-order valence-electron chi connectivity index (χ2n) is 4.72. The summed E-state index contributed by atoms with van der Waals surface area (Å²) in [5.74, 6) is 2.05. The summed E-state index contributed by atoms with van der Waals surface area (Å²) in [5, 5.41) is 0. The maximum Gasteiger partial charge on any atom is 0.176 e. The van der Waals surface area contributed by atoms with Crippen molar-refractivity contribution < 1.29 is 18.9 Å². The van der Waals surface area contributed by atoms with Crippen molar-refractivity contribution in [3.63, 3.8) is 0 Å². The quantitative estimate of drug-likeness (QED) is 0.552. The molecule has 0 aliphatic carbocycles. The Morgan fingerprint density at radius 2 is 1.70 bits per heavy atom. The molecular weight excluding hydrogens is 294 g/mol. The minimum atomic E-state index is -0.343. The summed E-state index contributed by atoms with van der Waals surface area (Å²) in [5.41, 5.74) is 0.905. The Morgan fingerprint density at radius 1 is 0.957 bits per heavy atom. The Hall–Kier alpha value is -2.37. The zero-order chi connectivity index (χ0) is 16.5. The Balaban J connectivity index is 2.13. The van der Waals surface area contributed by atoms with Gasteiger partial charge in [-0.1, -0.05) is 18.2 Å². The summed E-state index contributed by atoms with van der Waals surface area (Å²) in [6, 6.07) is 15.2. The molecule has 0 aromatic heterocycles. The Labute approximate surface area is 136 Å². The summed E-state index contributed by atoms with van der Waals surface area (Å²) in [4.78, 5) is 4.32. The first-order valence-electron chi connectivity index (χ1n) is 7.23. The highest BCUT2D eigenvalue weighted by Crippen LogP contribution is 2.31. The van der Waals surface area contributed by atoms with Gasteiger partial charge in [-0.15, -0.1) is 0 Å². The maximum absolute atomic E-state index is 5.87. The predicted molar refractivity (Wildman–Crippen MR) is 89.8 cm³/mol. The van der Waals surface area contributed by atoms with Crippen molar-refractivity contribution in [3.8, 4) is 17.2 Å². The molecule has 0 saturated carbocycles. The molecule has 2 aromatic rings. The molecule has 0 atom stereocenters. The van der Waals surface area contributed by atoms with Gasteiger partial charge in [0, 0.05) is 20.4 Å². The van der Waals surface area contributed by atoms with Gasteiger partial charge in [0.2, 0.25) is 0 Å². The molecule has 0 heterocycles. The topological polar surface area (TPSA) is 49.3 Å². The van der Waals surface area contributed by atoms with Crippen molar-refractivity contribution >= 4 is 6.21 Å². The van der Waals surface area contributed by atoms with Crippen LogP contribution < -0.4 is 9.47 Å². The van der Waals surface area contributed by atoms with E-state index in [0.717, 1.165) is 11.3 Å². The van der Waals surface area contributed by atoms with Gasteiger partial charge in [0.15, 0.2) is 17.8 Å². The second-order valence-corrected chi connectivity index (χ2v) is 4.72. The van der Waals surface area contributed by atoms with Gasteiger partial charge >= 0.3 is 0 Å². The van der Waals surface area contributed by atoms with E-state index in [0.29, 0.717) is 18.0 Å². The minimum absolute atomic E-state index is 0.343. The fourth-order valence-corrected chi connectivity index (χ4v) is 1.96. The maximum atomic E-state index is 5.87. The lowest BCUT2D eigenvalue weighted by Crippen LogP contribution is -2.16. The highest BCUT2D eigenvalue weighted by Gasteiger charge is 2.07. The molecule has 0 amide bonds. The lowest BCUT2D eigenvalue weighted by Gasteiger charge is -2.11. The standard InChI is InChI=1S/C18H21NO4/c1-20-16-10-9-14(12-19-13-18(21-2)22-3)11-17(16)23-15-7-5-4-6-8-15/h4-12,18H,13H2,1-3H3. The predicted octanol–water partition coefficient (Wildman–Crippen LogP) is 3.53. The van der Waals surface area contributed by atoms with Gasteiger partial charge in [0.05, 0.1) is 13.7 Å². The number of methoxy groups -OCH3 is 3. The summed E-state index contributed by atoms with van der Waals surface area (Å²) < 4.78 is 21.4. The van der Waals surface area contributed by atoms with Gasteiger partial charge in [-0.05, 0) is 35.9 Å². The van der Waals surface area contributed by atoms with Crippen molar-refractivity contribution in [1.29, 1.82) is 0 Å². The molecule has 5 heteroatoms. The molecule has 5 nitrogen and oxygen atoms in total. The Kier molecular flexibility index (Phi) is 6.59. The minimum Gasteiger partial charge on any atom is -0.493 e. The highest BCUT2D eigenvalue weighted by atomic mass is 16.7. The first-order valence-corrected chi connectivity index (χ1v) is 7.23. The average Bonchev–Trinajstić information content (AvgIpc) is 2.60. The van der Waals surface area contributed by atoms with E-state index in [1.54, 1.807) is 27.5 Å². The number of aliphatic imine (C=N–C) groups is 1. The number of para-hydroxylation sites is 1. The van der Waals surface area contributed by atoms with Crippen LogP contribution in [-0.4, -0.2) is 40.4 Å². The lowest BCUT2D eigenvalue weighted by atomic mass is 10.2. The van der Waals surface area contributed by atoms with E-state index in [2.05, 4.69) is 4.99 Å². The van der Waals surface area contributed by atoms with Crippen molar-refractivity contribution in [2.45, 2.75) is 6.29 Å². The van der Waals surface area contributed by atoms with Crippen molar-refractivity contribution in [3.05, 3.63) is 54.1 Å². The SMILES string of the molecule is COc1ccc(C=NCC(OC)OC)cc1Oc1ccccc1. The average molecular weight is 315 g/mol. The molecule has 0 radical (unpaired) electrons. The van der Waals surface area contributed by atoms with Crippen LogP contribution in [0.15, 0.2) is 53.5 Å². The van der Waals surface area contributed by atoms with Crippen LogP contribution in [0.2, 0.25) is 0 Å². The fourth-order valence-electron chi connectivity index (χ4n) is 1.96. The molecular formula is C18H21NO4. The van der Waals surface area contributed by atoms with Crippen LogP contribution >= 0.6 is 0 Å². The van der Waals surface area contributed by atoms with Crippen LogP contribution in [0, 0.1) is 0 Å². The molecule has 0 aliphatic heterocycles. The molecule has 0 bridgehead atoms. The number of hydrogen-bond donors (Lipinski definition) is 0. The number of rotatable bonds is 8. The van der Waals surface area contributed by atoms with Gasteiger partial charge in [-0.25, -0.2) is 0 Å². The number of hydrogen-bond acceptors (Lipinski definition) is 5. The van der Waals surface area contributed by atoms with E-state index in [1.165, 1.54) is 0 Å². The first-order chi connectivity index (χ1) is 11.3. The molecule has 2 rings (SSSR count). The molecule has 2 aromatic carbocycles.